The second kappa shape index (κ2) is 11.1. The van der Waals surface area contributed by atoms with Crippen molar-refractivity contribution in [1.29, 1.82) is 0 Å². The first-order valence-corrected chi connectivity index (χ1v) is 18.3. The van der Waals surface area contributed by atoms with E-state index in [1.807, 2.05) is 0 Å². The number of benzene rings is 3. The maximum atomic E-state index is 5.64. The number of hydrogen-bond donors (Lipinski definition) is 2. The number of fused-ring (bicyclic) bond motifs is 6. The molecular weight excluding hydrogens is 564 g/mol. The average molecular weight is 611 g/mol. The Morgan fingerprint density at radius 2 is 1.35 bits per heavy atom. The number of rotatable bonds is 3. The zero-order chi connectivity index (χ0) is 30.2. The molecule has 10 rings (SSSR count). The van der Waals surface area contributed by atoms with Gasteiger partial charge in [0.2, 0.25) is 0 Å². The monoisotopic (exact) mass is 610 g/mol. The highest BCUT2D eigenvalue weighted by molar-refractivity contribution is 5.85. The molecule has 6 aliphatic rings. The van der Waals surface area contributed by atoms with E-state index >= 15 is 0 Å². The Bertz CT molecular complexity index is 1730. The van der Waals surface area contributed by atoms with Crippen molar-refractivity contribution in [3.05, 3.63) is 78.9 Å². The van der Waals surface area contributed by atoms with Crippen molar-refractivity contribution in [3.63, 3.8) is 0 Å². The molecule has 0 amide bonds. The van der Waals surface area contributed by atoms with Crippen LogP contribution in [0.15, 0.2) is 78.9 Å². The predicted molar refractivity (Wildman–Crippen MR) is 185 cm³/mol. The van der Waals surface area contributed by atoms with E-state index in [9.17, 15) is 0 Å². The van der Waals surface area contributed by atoms with Crippen LogP contribution in [0.5, 0.6) is 0 Å². The van der Waals surface area contributed by atoms with Crippen LogP contribution in [0.4, 0.5) is 5.82 Å². The molecule has 3 aromatic carbocycles. The Balaban J connectivity index is 1.18. The molecule has 1 aromatic heterocycles. The number of anilines is 1. The van der Waals surface area contributed by atoms with E-state index in [0.717, 1.165) is 40.9 Å². The van der Waals surface area contributed by atoms with E-state index in [1.165, 1.54) is 81.0 Å². The first kappa shape index (κ1) is 27.8. The van der Waals surface area contributed by atoms with Crippen LogP contribution in [0.25, 0.3) is 33.4 Å². The summed E-state index contributed by atoms with van der Waals surface area (Å²) in [4.78, 5) is 17.1. The number of hydrogen-bond acceptors (Lipinski definition) is 6. The lowest BCUT2D eigenvalue weighted by atomic mass is 9.62. The van der Waals surface area contributed by atoms with Gasteiger partial charge in [-0.3, -0.25) is 10.2 Å². The smallest absolute Gasteiger partial charge is 0.156 e. The highest BCUT2D eigenvalue weighted by atomic mass is 15.4. The molecule has 9 unspecified atom stereocenters. The number of aromatic nitrogens is 2. The van der Waals surface area contributed by atoms with Gasteiger partial charge in [0, 0.05) is 29.7 Å². The maximum Gasteiger partial charge on any atom is 0.156 e. The molecule has 2 N–H and O–H groups in total. The number of piperidine rings is 2. The van der Waals surface area contributed by atoms with Gasteiger partial charge < -0.3 is 10.2 Å². The summed E-state index contributed by atoms with van der Waals surface area (Å²) in [5.74, 6) is 3.38. The molecular formula is C40H46N6. The molecule has 2 saturated carbocycles. The summed E-state index contributed by atoms with van der Waals surface area (Å²) >= 11 is 0. The van der Waals surface area contributed by atoms with Crippen molar-refractivity contribution < 1.29 is 0 Å². The van der Waals surface area contributed by atoms with Crippen LogP contribution in [0.2, 0.25) is 0 Å². The third-order valence-electron chi connectivity index (χ3n) is 12.9. The van der Waals surface area contributed by atoms with Crippen LogP contribution >= 0.6 is 0 Å². The van der Waals surface area contributed by atoms with Gasteiger partial charge in [0.25, 0.3) is 0 Å². The zero-order valence-corrected chi connectivity index (χ0v) is 26.8. The highest BCUT2D eigenvalue weighted by Gasteiger charge is 2.63. The summed E-state index contributed by atoms with van der Waals surface area (Å²) in [5, 5.41) is 8.25. The summed E-state index contributed by atoms with van der Waals surface area (Å²) < 4.78 is 0. The topological polar surface area (TPSA) is 56.3 Å². The minimum absolute atomic E-state index is 0.359. The van der Waals surface area contributed by atoms with Gasteiger partial charge in [0.05, 0.1) is 23.2 Å². The molecule has 9 atom stereocenters. The largest absolute Gasteiger partial charge is 0.346 e. The lowest BCUT2D eigenvalue weighted by molar-refractivity contribution is 0.00404. The molecule has 6 fully saturated rings. The van der Waals surface area contributed by atoms with E-state index in [4.69, 9.17) is 9.97 Å². The molecule has 4 saturated heterocycles. The highest BCUT2D eigenvalue weighted by Crippen LogP contribution is 2.56. The standard InChI is InChI=1S/C40H46N6/c1-2-10-25(11-3-1)27-13-6-14-28(24-27)36-40(44-31-16-5-4-15-30(31)43-36)45-32-17-7-12-26-20-21-29-37-33(18-8-22-41-37)46(38(29)35(26)32)39-34(45)19-9-23-42-39/h1-6,10-11,13-16,24,26,29,32-35,37-39,41-42H,7-9,12,17-23H2. The SMILES string of the molecule is c1ccc(-c2cccc(-c3nc4ccccc4nc3N3C4CCCC5CCC6C7NCCCC7N(C7NCCCC73)C6C54)c2)cc1. The van der Waals surface area contributed by atoms with Gasteiger partial charge in [-0.2, -0.15) is 0 Å². The third kappa shape index (κ3) is 4.26. The Labute approximate surface area is 273 Å². The van der Waals surface area contributed by atoms with Crippen LogP contribution in [0.3, 0.4) is 0 Å². The minimum Gasteiger partial charge on any atom is -0.346 e. The van der Waals surface area contributed by atoms with Crippen molar-refractivity contribution in [3.8, 4) is 22.4 Å². The summed E-state index contributed by atoms with van der Waals surface area (Å²) in [6.45, 7) is 2.31. The van der Waals surface area contributed by atoms with Gasteiger partial charge in [-0.25, -0.2) is 9.97 Å². The first-order valence-electron chi connectivity index (χ1n) is 18.3. The molecule has 4 aromatic rings. The Morgan fingerprint density at radius 1 is 0.609 bits per heavy atom. The molecule has 0 bridgehead atoms. The Hall–Kier alpha value is -3.32. The van der Waals surface area contributed by atoms with Crippen LogP contribution in [-0.2, 0) is 0 Å². The summed E-state index contributed by atoms with van der Waals surface area (Å²) in [6.07, 6.45) is 12.2. The quantitative estimate of drug-likeness (QED) is 0.264. The van der Waals surface area contributed by atoms with Crippen LogP contribution in [0, 0.1) is 17.8 Å². The van der Waals surface area contributed by atoms with Crippen molar-refractivity contribution >= 4 is 16.9 Å². The third-order valence-corrected chi connectivity index (χ3v) is 12.9. The normalized spacial score (nSPS) is 35.2. The second-order valence-electron chi connectivity index (χ2n) is 15.1. The average Bonchev–Trinajstić information content (AvgIpc) is 3.40. The summed E-state index contributed by atoms with van der Waals surface area (Å²) in [5.41, 5.74) is 6.69. The number of nitrogens with one attached hydrogen (secondary N) is 2. The fourth-order valence-corrected chi connectivity index (χ4v) is 11.3. The van der Waals surface area contributed by atoms with Crippen molar-refractivity contribution in [2.24, 2.45) is 17.8 Å². The predicted octanol–water partition coefficient (Wildman–Crippen LogP) is 6.86. The second-order valence-corrected chi connectivity index (χ2v) is 15.1. The van der Waals surface area contributed by atoms with Gasteiger partial charge in [0.1, 0.15) is 5.69 Å². The first-order chi connectivity index (χ1) is 22.8. The number of nitrogens with zero attached hydrogens (tertiary/aromatic N) is 4. The Morgan fingerprint density at radius 3 is 2.24 bits per heavy atom. The van der Waals surface area contributed by atoms with Gasteiger partial charge in [-0.1, -0.05) is 67.1 Å². The van der Waals surface area contributed by atoms with Gasteiger partial charge >= 0.3 is 0 Å². The minimum atomic E-state index is 0.359. The van der Waals surface area contributed by atoms with Gasteiger partial charge in [0.15, 0.2) is 5.82 Å². The van der Waals surface area contributed by atoms with Gasteiger partial charge in [-0.05, 0) is 112 Å². The molecule has 0 radical (unpaired) electrons. The van der Waals surface area contributed by atoms with E-state index < -0.39 is 0 Å². The fourth-order valence-electron chi connectivity index (χ4n) is 11.3. The molecule has 6 heteroatoms. The van der Waals surface area contributed by atoms with Crippen LogP contribution in [-0.4, -0.2) is 64.3 Å². The van der Waals surface area contributed by atoms with E-state index in [0.29, 0.717) is 42.3 Å². The van der Waals surface area contributed by atoms with Crippen molar-refractivity contribution in [2.75, 3.05) is 18.0 Å². The zero-order valence-electron chi connectivity index (χ0n) is 26.8. The van der Waals surface area contributed by atoms with Crippen LogP contribution < -0.4 is 15.5 Å². The Kier molecular flexibility index (Phi) is 6.72. The lowest BCUT2D eigenvalue weighted by Gasteiger charge is -2.51. The molecule has 0 spiro atoms. The van der Waals surface area contributed by atoms with E-state index in [1.54, 1.807) is 0 Å². The molecule has 4 aliphatic heterocycles. The van der Waals surface area contributed by atoms with E-state index in [2.05, 4.69) is 99.3 Å². The number of para-hydroxylation sites is 2. The van der Waals surface area contributed by atoms with E-state index in [-0.39, 0.29) is 0 Å². The molecule has 6 nitrogen and oxygen atoms in total. The molecule has 46 heavy (non-hydrogen) atoms. The van der Waals surface area contributed by atoms with Crippen molar-refractivity contribution in [1.82, 2.24) is 25.5 Å². The van der Waals surface area contributed by atoms with Gasteiger partial charge in [-0.15, -0.1) is 0 Å². The summed E-state index contributed by atoms with van der Waals surface area (Å²) in [6, 6.07) is 31.2. The van der Waals surface area contributed by atoms with Crippen LogP contribution in [0.1, 0.15) is 57.8 Å². The lowest BCUT2D eigenvalue weighted by Crippen LogP contribution is -2.64. The fraction of sp³-hybridized carbons (Fsp3) is 0.500. The molecule has 5 heterocycles. The molecule has 236 valence electrons. The molecule has 2 aliphatic carbocycles. The summed E-state index contributed by atoms with van der Waals surface area (Å²) in [7, 11) is 0. The van der Waals surface area contributed by atoms with Crippen molar-refractivity contribution in [2.45, 2.75) is 94.2 Å². The maximum absolute atomic E-state index is 5.64.